The summed E-state index contributed by atoms with van der Waals surface area (Å²) in [5, 5.41) is 4.66. The summed E-state index contributed by atoms with van der Waals surface area (Å²) >= 11 is 12.0. The van der Waals surface area contributed by atoms with Gasteiger partial charge in [-0.15, -0.1) is 0 Å². The molecule has 1 aromatic heterocycles. The minimum atomic E-state index is -0.111. The Morgan fingerprint density at radius 2 is 2.26 bits per heavy atom. The van der Waals surface area contributed by atoms with Crippen LogP contribution in [0.15, 0.2) is 23.0 Å². The number of hydrogen-bond acceptors (Lipinski definition) is 3. The van der Waals surface area contributed by atoms with Crippen LogP contribution in [0.5, 0.6) is 0 Å². The minimum absolute atomic E-state index is 0.111. The van der Waals surface area contributed by atoms with Crippen molar-refractivity contribution < 1.29 is 0 Å². The normalized spacial score (nSPS) is 19.2. The van der Waals surface area contributed by atoms with Crippen LogP contribution in [-0.4, -0.2) is 22.1 Å². The molecule has 2 heterocycles. The average Bonchev–Trinajstić information content (AvgIpc) is 2.87. The van der Waals surface area contributed by atoms with Crippen LogP contribution in [0, 0.1) is 0 Å². The maximum atomic E-state index is 12.4. The van der Waals surface area contributed by atoms with Crippen molar-refractivity contribution in [1.29, 1.82) is 0 Å². The fourth-order valence-electron chi connectivity index (χ4n) is 2.46. The first kappa shape index (κ1) is 12.9. The highest BCUT2D eigenvalue weighted by molar-refractivity contribution is 6.31. The van der Waals surface area contributed by atoms with E-state index in [9.17, 15) is 4.79 Å². The lowest BCUT2D eigenvalue weighted by atomic mass is 10.2. The van der Waals surface area contributed by atoms with E-state index in [1.165, 1.54) is 4.57 Å². The van der Waals surface area contributed by atoms with Crippen molar-refractivity contribution in [2.24, 2.45) is 0 Å². The van der Waals surface area contributed by atoms with Gasteiger partial charge in [0.15, 0.2) is 0 Å². The van der Waals surface area contributed by atoms with Crippen LogP contribution in [0.4, 0.5) is 0 Å². The molecule has 0 saturated carbocycles. The van der Waals surface area contributed by atoms with Crippen molar-refractivity contribution >= 4 is 34.1 Å². The quantitative estimate of drug-likeness (QED) is 0.866. The standard InChI is InChI=1S/C13H13Cl2N3O/c14-8-3-4-10-11(6-8)17-13(15)18(12(10)19)7-9-2-1-5-16-9/h3-4,6,9,16H,1-2,5,7H2. The van der Waals surface area contributed by atoms with E-state index < -0.39 is 0 Å². The van der Waals surface area contributed by atoms with Crippen molar-refractivity contribution in [3.8, 4) is 0 Å². The predicted molar refractivity (Wildman–Crippen MR) is 77.0 cm³/mol. The lowest BCUT2D eigenvalue weighted by Crippen LogP contribution is -2.33. The van der Waals surface area contributed by atoms with Crippen molar-refractivity contribution in [1.82, 2.24) is 14.9 Å². The number of benzene rings is 1. The van der Waals surface area contributed by atoms with E-state index >= 15 is 0 Å². The van der Waals surface area contributed by atoms with Gasteiger partial charge in [0.25, 0.3) is 5.56 Å². The van der Waals surface area contributed by atoms with E-state index in [1.807, 2.05) is 0 Å². The van der Waals surface area contributed by atoms with Gasteiger partial charge < -0.3 is 5.32 Å². The fraction of sp³-hybridized carbons (Fsp3) is 0.385. The van der Waals surface area contributed by atoms with Crippen LogP contribution in [-0.2, 0) is 6.54 Å². The van der Waals surface area contributed by atoms with Gasteiger partial charge in [-0.05, 0) is 49.2 Å². The molecular weight excluding hydrogens is 285 g/mol. The van der Waals surface area contributed by atoms with Gasteiger partial charge in [0.2, 0.25) is 5.28 Å². The molecule has 1 N–H and O–H groups in total. The largest absolute Gasteiger partial charge is 0.312 e. The van der Waals surface area contributed by atoms with Gasteiger partial charge in [-0.25, -0.2) is 4.98 Å². The maximum absolute atomic E-state index is 12.4. The lowest BCUT2D eigenvalue weighted by Gasteiger charge is -2.14. The Bertz CT molecular complexity index is 677. The zero-order chi connectivity index (χ0) is 13.4. The van der Waals surface area contributed by atoms with Crippen LogP contribution in [0.2, 0.25) is 10.3 Å². The molecule has 0 bridgehead atoms. The molecule has 1 fully saturated rings. The summed E-state index contributed by atoms with van der Waals surface area (Å²) in [6.45, 7) is 1.55. The van der Waals surface area contributed by atoms with Gasteiger partial charge in [-0.1, -0.05) is 11.6 Å². The van der Waals surface area contributed by atoms with E-state index in [0.717, 1.165) is 19.4 Å². The number of aromatic nitrogens is 2. The SMILES string of the molecule is O=c1c2ccc(Cl)cc2nc(Cl)n1CC1CCCN1. The Morgan fingerprint density at radius 3 is 3.00 bits per heavy atom. The topological polar surface area (TPSA) is 46.9 Å². The molecule has 1 unspecified atom stereocenters. The summed E-state index contributed by atoms with van der Waals surface area (Å²) in [6, 6.07) is 5.34. The Morgan fingerprint density at radius 1 is 1.42 bits per heavy atom. The number of rotatable bonds is 2. The summed E-state index contributed by atoms with van der Waals surface area (Å²) in [5.74, 6) is 0. The van der Waals surface area contributed by atoms with Gasteiger partial charge in [0.1, 0.15) is 0 Å². The highest BCUT2D eigenvalue weighted by Crippen LogP contribution is 2.18. The number of nitrogens with zero attached hydrogens (tertiary/aromatic N) is 2. The first-order valence-corrected chi connectivity index (χ1v) is 7.00. The molecule has 2 aromatic rings. The monoisotopic (exact) mass is 297 g/mol. The third-order valence-electron chi connectivity index (χ3n) is 3.44. The number of fused-ring (bicyclic) bond motifs is 1. The Kier molecular flexibility index (Phi) is 3.48. The van der Waals surface area contributed by atoms with Gasteiger partial charge in [-0.3, -0.25) is 9.36 Å². The molecule has 19 heavy (non-hydrogen) atoms. The predicted octanol–water partition coefficient (Wildman–Crippen LogP) is 2.46. The molecule has 0 spiro atoms. The molecule has 1 atom stereocenters. The molecule has 0 aliphatic carbocycles. The second-order valence-corrected chi connectivity index (χ2v) is 5.53. The van der Waals surface area contributed by atoms with E-state index in [4.69, 9.17) is 23.2 Å². The first-order valence-electron chi connectivity index (χ1n) is 6.24. The molecule has 4 nitrogen and oxygen atoms in total. The third kappa shape index (κ3) is 2.48. The Hall–Kier alpha value is -1.10. The van der Waals surface area contributed by atoms with Gasteiger partial charge >= 0.3 is 0 Å². The van der Waals surface area contributed by atoms with Gasteiger partial charge in [0, 0.05) is 17.6 Å². The molecule has 0 radical (unpaired) electrons. The Balaban J connectivity index is 2.09. The second kappa shape index (κ2) is 5.12. The van der Waals surface area contributed by atoms with Crippen LogP contribution < -0.4 is 10.9 Å². The van der Waals surface area contributed by atoms with Crippen LogP contribution in [0.3, 0.4) is 0 Å². The molecular formula is C13H13Cl2N3O. The highest BCUT2D eigenvalue weighted by atomic mass is 35.5. The fourth-order valence-corrected chi connectivity index (χ4v) is 2.86. The number of halogens is 2. The van der Waals surface area contributed by atoms with Gasteiger partial charge in [0.05, 0.1) is 10.9 Å². The van der Waals surface area contributed by atoms with Gasteiger partial charge in [-0.2, -0.15) is 0 Å². The molecule has 1 aliphatic heterocycles. The Labute approximate surface area is 120 Å². The van der Waals surface area contributed by atoms with Crippen molar-refractivity contribution in [2.75, 3.05) is 6.54 Å². The molecule has 6 heteroatoms. The van der Waals surface area contributed by atoms with E-state index in [-0.39, 0.29) is 10.8 Å². The van der Waals surface area contributed by atoms with Crippen molar-refractivity contribution in [3.63, 3.8) is 0 Å². The smallest absolute Gasteiger partial charge is 0.262 e. The van der Waals surface area contributed by atoms with Crippen molar-refractivity contribution in [2.45, 2.75) is 25.4 Å². The second-order valence-electron chi connectivity index (χ2n) is 4.75. The van der Waals surface area contributed by atoms with E-state index in [2.05, 4.69) is 10.3 Å². The summed E-state index contributed by atoms with van der Waals surface area (Å²) in [4.78, 5) is 16.7. The minimum Gasteiger partial charge on any atom is -0.312 e. The molecule has 3 rings (SSSR count). The molecule has 0 amide bonds. The van der Waals surface area contributed by atoms with Crippen LogP contribution in [0.25, 0.3) is 10.9 Å². The zero-order valence-corrected chi connectivity index (χ0v) is 11.7. The van der Waals surface area contributed by atoms with E-state index in [1.54, 1.807) is 18.2 Å². The molecule has 1 aliphatic rings. The first-order chi connectivity index (χ1) is 9.15. The highest BCUT2D eigenvalue weighted by Gasteiger charge is 2.18. The number of nitrogens with one attached hydrogen (secondary N) is 1. The van der Waals surface area contributed by atoms with Crippen molar-refractivity contribution in [3.05, 3.63) is 38.9 Å². The van der Waals surface area contributed by atoms with Crippen LogP contribution >= 0.6 is 23.2 Å². The number of hydrogen-bond donors (Lipinski definition) is 1. The molecule has 100 valence electrons. The summed E-state index contributed by atoms with van der Waals surface area (Å²) in [7, 11) is 0. The maximum Gasteiger partial charge on any atom is 0.262 e. The zero-order valence-electron chi connectivity index (χ0n) is 10.2. The average molecular weight is 298 g/mol. The molecule has 1 saturated heterocycles. The third-order valence-corrected chi connectivity index (χ3v) is 3.96. The summed E-state index contributed by atoms with van der Waals surface area (Å²) in [6.07, 6.45) is 2.19. The lowest BCUT2D eigenvalue weighted by molar-refractivity contribution is 0.498. The van der Waals surface area contributed by atoms with E-state index in [0.29, 0.717) is 28.5 Å². The summed E-state index contributed by atoms with van der Waals surface area (Å²) in [5.41, 5.74) is 0.429. The van der Waals surface area contributed by atoms with Crippen LogP contribution in [0.1, 0.15) is 12.8 Å². The summed E-state index contributed by atoms with van der Waals surface area (Å²) < 4.78 is 1.53. The molecule has 1 aromatic carbocycles.